The molecule has 1 fully saturated rings. The van der Waals surface area contributed by atoms with Crippen molar-refractivity contribution in [1.82, 2.24) is 9.80 Å². The number of piperazine rings is 1. The number of nitrogens with zero attached hydrogens (tertiary/aromatic N) is 2. The van der Waals surface area contributed by atoms with E-state index in [2.05, 4.69) is 70.6 Å². The van der Waals surface area contributed by atoms with Crippen molar-refractivity contribution >= 4 is 22.6 Å². The topological polar surface area (TPSA) is 32.5 Å². The molecule has 0 aromatic heterocycles. The summed E-state index contributed by atoms with van der Waals surface area (Å²) in [6.07, 6.45) is 0. The highest BCUT2D eigenvalue weighted by Crippen LogP contribution is 2.25. The maximum absolute atomic E-state index is 5.93. The molecule has 1 heterocycles. The van der Waals surface area contributed by atoms with Gasteiger partial charge in [-0.2, -0.15) is 0 Å². The van der Waals surface area contributed by atoms with Gasteiger partial charge in [0.25, 0.3) is 0 Å². The lowest BCUT2D eigenvalue weighted by molar-refractivity contribution is 0.0621. The van der Waals surface area contributed by atoms with E-state index >= 15 is 0 Å². The Morgan fingerprint density at radius 3 is 2.61 bits per heavy atom. The number of likely N-dealkylation sites (N-methyl/N-ethyl adjacent to an activating group) is 1. The van der Waals surface area contributed by atoms with Gasteiger partial charge in [-0.15, -0.1) is 0 Å². The van der Waals surface area contributed by atoms with Crippen LogP contribution in [0.3, 0.4) is 0 Å². The summed E-state index contributed by atoms with van der Waals surface area (Å²) in [5, 5.41) is 0. The van der Waals surface area contributed by atoms with Crippen LogP contribution in [0.15, 0.2) is 24.3 Å². The molecule has 2 atom stereocenters. The number of hydrogen-bond acceptors (Lipinski definition) is 3. The minimum atomic E-state index is 0.448. The Morgan fingerprint density at radius 2 is 2.00 bits per heavy atom. The van der Waals surface area contributed by atoms with Crippen molar-refractivity contribution in [2.75, 3.05) is 33.2 Å². The van der Waals surface area contributed by atoms with Crippen LogP contribution in [-0.2, 0) is 0 Å². The van der Waals surface area contributed by atoms with Crippen LogP contribution in [0, 0.1) is 3.57 Å². The molecule has 1 aliphatic rings. The van der Waals surface area contributed by atoms with Crippen molar-refractivity contribution in [3.05, 3.63) is 33.4 Å². The van der Waals surface area contributed by atoms with E-state index in [1.807, 2.05) is 0 Å². The fourth-order valence-corrected chi connectivity index (χ4v) is 3.04. The summed E-state index contributed by atoms with van der Waals surface area (Å²) in [7, 11) is 2.18. The molecule has 0 radical (unpaired) electrons. The van der Waals surface area contributed by atoms with Crippen LogP contribution in [0.1, 0.15) is 18.5 Å². The molecule has 2 unspecified atom stereocenters. The smallest absolute Gasteiger partial charge is 0.0352 e. The SMILES string of the molecule is CC(c1ccc(I)cc1)N1CCN(C)CC1CN. The first kappa shape index (κ1) is 14.2. The number of halogens is 1. The zero-order chi connectivity index (χ0) is 13.1. The second-order valence-corrected chi connectivity index (χ2v) is 6.36. The van der Waals surface area contributed by atoms with Crippen LogP contribution < -0.4 is 5.73 Å². The van der Waals surface area contributed by atoms with E-state index in [1.54, 1.807) is 0 Å². The van der Waals surface area contributed by atoms with E-state index < -0.39 is 0 Å². The largest absolute Gasteiger partial charge is 0.329 e. The Balaban J connectivity index is 2.11. The zero-order valence-electron chi connectivity index (χ0n) is 11.1. The summed E-state index contributed by atoms with van der Waals surface area (Å²) in [6, 6.07) is 9.75. The van der Waals surface area contributed by atoms with Crippen LogP contribution in [0.5, 0.6) is 0 Å². The molecule has 1 aromatic rings. The van der Waals surface area contributed by atoms with Gasteiger partial charge in [0.2, 0.25) is 0 Å². The molecule has 3 nitrogen and oxygen atoms in total. The molecule has 2 rings (SSSR count). The first-order valence-corrected chi connectivity index (χ1v) is 7.59. The molecule has 0 saturated carbocycles. The van der Waals surface area contributed by atoms with E-state index in [0.717, 1.165) is 26.2 Å². The number of hydrogen-bond donors (Lipinski definition) is 1. The third kappa shape index (κ3) is 3.23. The van der Waals surface area contributed by atoms with E-state index in [0.29, 0.717) is 12.1 Å². The van der Waals surface area contributed by atoms with Crippen LogP contribution >= 0.6 is 22.6 Å². The van der Waals surface area contributed by atoms with Crippen molar-refractivity contribution in [1.29, 1.82) is 0 Å². The van der Waals surface area contributed by atoms with Crippen LogP contribution in [0.4, 0.5) is 0 Å². The predicted molar refractivity (Wildman–Crippen MR) is 84.6 cm³/mol. The third-order valence-corrected chi connectivity index (χ3v) is 4.57. The molecule has 0 spiro atoms. The highest BCUT2D eigenvalue weighted by atomic mass is 127. The Hall–Kier alpha value is -0.170. The van der Waals surface area contributed by atoms with E-state index in [9.17, 15) is 0 Å². The summed E-state index contributed by atoms with van der Waals surface area (Å²) >= 11 is 2.35. The van der Waals surface area contributed by atoms with Gasteiger partial charge >= 0.3 is 0 Å². The third-order valence-electron chi connectivity index (χ3n) is 3.85. The number of rotatable bonds is 3. The van der Waals surface area contributed by atoms with Gasteiger partial charge in [-0.05, 0) is 54.3 Å². The average Bonchev–Trinajstić information content (AvgIpc) is 2.38. The lowest BCUT2D eigenvalue weighted by atomic mass is 10.0. The van der Waals surface area contributed by atoms with Gasteiger partial charge in [0.1, 0.15) is 0 Å². The second-order valence-electron chi connectivity index (χ2n) is 5.12. The molecule has 4 heteroatoms. The summed E-state index contributed by atoms with van der Waals surface area (Å²) in [5.74, 6) is 0. The molecule has 0 aliphatic carbocycles. The highest BCUT2D eigenvalue weighted by molar-refractivity contribution is 14.1. The number of nitrogens with two attached hydrogens (primary N) is 1. The molecule has 18 heavy (non-hydrogen) atoms. The van der Waals surface area contributed by atoms with E-state index in [4.69, 9.17) is 5.73 Å². The van der Waals surface area contributed by atoms with Crippen molar-refractivity contribution in [3.8, 4) is 0 Å². The average molecular weight is 359 g/mol. The van der Waals surface area contributed by atoms with Crippen molar-refractivity contribution < 1.29 is 0 Å². The molecular weight excluding hydrogens is 337 g/mol. The first-order valence-electron chi connectivity index (χ1n) is 6.51. The van der Waals surface area contributed by atoms with Crippen LogP contribution in [0.25, 0.3) is 0 Å². The summed E-state index contributed by atoms with van der Waals surface area (Å²) < 4.78 is 1.29. The fraction of sp³-hybridized carbons (Fsp3) is 0.571. The summed E-state index contributed by atoms with van der Waals surface area (Å²) in [5.41, 5.74) is 7.31. The van der Waals surface area contributed by atoms with Crippen LogP contribution in [0.2, 0.25) is 0 Å². The van der Waals surface area contributed by atoms with Gasteiger partial charge < -0.3 is 10.6 Å². The Kier molecular flexibility index (Phi) is 5.00. The zero-order valence-corrected chi connectivity index (χ0v) is 13.3. The molecule has 1 aromatic carbocycles. The predicted octanol–water partition coefficient (Wildman–Crippen LogP) is 1.93. The van der Waals surface area contributed by atoms with Gasteiger partial charge in [0.05, 0.1) is 0 Å². The fourth-order valence-electron chi connectivity index (χ4n) is 2.68. The highest BCUT2D eigenvalue weighted by Gasteiger charge is 2.28. The molecule has 100 valence electrons. The maximum Gasteiger partial charge on any atom is 0.0352 e. The number of benzene rings is 1. The van der Waals surface area contributed by atoms with Gasteiger partial charge in [-0.25, -0.2) is 0 Å². The standard InChI is InChI=1S/C14H22IN3/c1-11(12-3-5-13(15)6-4-12)18-8-7-17(2)10-14(18)9-16/h3-6,11,14H,7-10,16H2,1-2H3. The first-order chi connectivity index (χ1) is 8.61. The van der Waals surface area contributed by atoms with Crippen molar-refractivity contribution in [3.63, 3.8) is 0 Å². The van der Waals surface area contributed by atoms with Gasteiger partial charge in [0.15, 0.2) is 0 Å². The Labute approximate surface area is 123 Å². The lowest BCUT2D eigenvalue weighted by Crippen LogP contribution is -2.55. The Bertz CT molecular complexity index is 379. The van der Waals surface area contributed by atoms with Gasteiger partial charge in [-0.1, -0.05) is 12.1 Å². The van der Waals surface area contributed by atoms with Gasteiger partial charge in [-0.3, -0.25) is 4.90 Å². The molecule has 2 N–H and O–H groups in total. The van der Waals surface area contributed by atoms with Gasteiger partial charge in [0, 0.05) is 41.8 Å². The van der Waals surface area contributed by atoms with Crippen molar-refractivity contribution in [2.45, 2.75) is 19.0 Å². The lowest BCUT2D eigenvalue weighted by Gasteiger charge is -2.43. The minimum Gasteiger partial charge on any atom is -0.329 e. The van der Waals surface area contributed by atoms with E-state index in [1.165, 1.54) is 9.13 Å². The minimum absolute atomic E-state index is 0.448. The summed E-state index contributed by atoms with van der Waals surface area (Å²) in [6.45, 7) is 6.33. The molecule has 1 aliphatic heterocycles. The monoisotopic (exact) mass is 359 g/mol. The Morgan fingerprint density at radius 1 is 1.33 bits per heavy atom. The maximum atomic E-state index is 5.93. The summed E-state index contributed by atoms with van der Waals surface area (Å²) in [4.78, 5) is 4.91. The normalized spacial score (nSPS) is 24.1. The molecule has 0 bridgehead atoms. The van der Waals surface area contributed by atoms with Crippen LogP contribution in [-0.4, -0.2) is 49.1 Å². The second kappa shape index (κ2) is 6.32. The molecule has 1 saturated heterocycles. The quantitative estimate of drug-likeness (QED) is 0.838. The van der Waals surface area contributed by atoms with E-state index in [-0.39, 0.29) is 0 Å². The molecule has 0 amide bonds. The molecular formula is C14H22IN3. The van der Waals surface area contributed by atoms with Crippen molar-refractivity contribution in [2.24, 2.45) is 5.73 Å².